The van der Waals surface area contributed by atoms with Crippen molar-refractivity contribution in [3.63, 3.8) is 0 Å². The largest absolute Gasteiger partial charge is 0.416 e. The van der Waals surface area contributed by atoms with Crippen LogP contribution in [0.3, 0.4) is 0 Å². The normalized spacial score (nSPS) is 13.5. The molecule has 3 nitrogen and oxygen atoms in total. The number of amides is 1. The maximum absolute atomic E-state index is 13.3. The zero-order chi connectivity index (χ0) is 15.3. The number of aliphatic hydroxyl groups is 1. The minimum Gasteiger partial charge on any atom is -0.382 e. The van der Waals surface area contributed by atoms with Crippen LogP contribution in [-0.4, -0.2) is 29.8 Å². The van der Waals surface area contributed by atoms with E-state index in [0.717, 1.165) is 18.2 Å². The van der Waals surface area contributed by atoms with E-state index in [0.29, 0.717) is 0 Å². The topological polar surface area (TPSA) is 49.3 Å². The van der Waals surface area contributed by atoms with Gasteiger partial charge in [-0.2, -0.15) is 13.2 Å². The Labute approximate surface area is 116 Å². The number of benzene rings is 1. The fourth-order valence-corrected chi connectivity index (χ4v) is 1.43. The van der Waals surface area contributed by atoms with Crippen molar-refractivity contribution in [2.24, 2.45) is 0 Å². The maximum Gasteiger partial charge on any atom is 0.416 e. The standard InChI is InChI=1S/C12H10ClF4NO2/c13-8-2-1-3-9(14)7(8)4-5-11(20)18-6-10(19)12(15,16)17/h1-5,10,19H,6H2,(H,18,20)/b5-4+. The van der Waals surface area contributed by atoms with Gasteiger partial charge >= 0.3 is 6.18 Å². The third kappa shape index (κ3) is 4.82. The number of aliphatic hydroxyl groups excluding tert-OH is 1. The summed E-state index contributed by atoms with van der Waals surface area (Å²) in [6, 6.07) is 3.89. The summed E-state index contributed by atoms with van der Waals surface area (Å²) >= 11 is 5.69. The minimum absolute atomic E-state index is 0.0549. The number of halogens is 5. The molecule has 0 bridgehead atoms. The van der Waals surface area contributed by atoms with Crippen LogP contribution in [0, 0.1) is 5.82 Å². The van der Waals surface area contributed by atoms with Crippen LogP contribution in [0.25, 0.3) is 6.08 Å². The first-order valence-corrected chi connectivity index (χ1v) is 5.74. The lowest BCUT2D eigenvalue weighted by atomic mass is 10.2. The van der Waals surface area contributed by atoms with E-state index in [-0.39, 0.29) is 10.6 Å². The highest BCUT2D eigenvalue weighted by Gasteiger charge is 2.38. The van der Waals surface area contributed by atoms with Crippen LogP contribution in [0.2, 0.25) is 5.02 Å². The van der Waals surface area contributed by atoms with Gasteiger partial charge in [0.15, 0.2) is 6.10 Å². The van der Waals surface area contributed by atoms with E-state index in [2.05, 4.69) is 0 Å². The number of rotatable bonds is 4. The molecule has 0 aliphatic rings. The first-order valence-electron chi connectivity index (χ1n) is 5.36. The van der Waals surface area contributed by atoms with E-state index in [1.165, 1.54) is 12.1 Å². The van der Waals surface area contributed by atoms with Gasteiger partial charge in [-0.1, -0.05) is 17.7 Å². The number of hydrogen-bond donors (Lipinski definition) is 2. The molecular weight excluding hydrogens is 302 g/mol. The molecule has 2 N–H and O–H groups in total. The molecular formula is C12H10ClF4NO2. The lowest BCUT2D eigenvalue weighted by Crippen LogP contribution is -2.40. The van der Waals surface area contributed by atoms with Gasteiger partial charge < -0.3 is 10.4 Å². The van der Waals surface area contributed by atoms with Crippen LogP contribution in [0.15, 0.2) is 24.3 Å². The zero-order valence-corrected chi connectivity index (χ0v) is 10.7. The minimum atomic E-state index is -4.81. The van der Waals surface area contributed by atoms with E-state index >= 15 is 0 Å². The molecule has 0 spiro atoms. The molecule has 0 fully saturated rings. The van der Waals surface area contributed by atoms with Gasteiger partial charge in [-0.15, -0.1) is 0 Å². The van der Waals surface area contributed by atoms with Gasteiger partial charge in [-0.25, -0.2) is 4.39 Å². The van der Waals surface area contributed by atoms with Crippen molar-refractivity contribution in [1.82, 2.24) is 5.32 Å². The molecule has 1 unspecified atom stereocenters. The lowest BCUT2D eigenvalue weighted by molar-refractivity contribution is -0.201. The van der Waals surface area contributed by atoms with E-state index in [1.807, 2.05) is 5.32 Å². The lowest BCUT2D eigenvalue weighted by Gasteiger charge is -2.14. The first kappa shape index (κ1) is 16.5. The van der Waals surface area contributed by atoms with Crippen molar-refractivity contribution in [3.8, 4) is 0 Å². The predicted octanol–water partition coefficient (Wildman–Crippen LogP) is 2.53. The predicted molar refractivity (Wildman–Crippen MR) is 65.5 cm³/mol. The quantitative estimate of drug-likeness (QED) is 0.663. The Morgan fingerprint density at radius 1 is 1.45 bits per heavy atom. The molecule has 1 atom stereocenters. The summed E-state index contributed by atoms with van der Waals surface area (Å²) in [4.78, 5) is 11.2. The number of nitrogens with one attached hydrogen (secondary N) is 1. The summed E-state index contributed by atoms with van der Waals surface area (Å²) in [5.41, 5.74) is -0.0549. The Balaban J connectivity index is 2.61. The van der Waals surface area contributed by atoms with Gasteiger partial charge in [0.2, 0.25) is 5.91 Å². The van der Waals surface area contributed by atoms with Crippen molar-refractivity contribution >= 4 is 23.6 Å². The van der Waals surface area contributed by atoms with Crippen molar-refractivity contribution in [3.05, 3.63) is 40.7 Å². The van der Waals surface area contributed by atoms with Gasteiger partial charge in [0, 0.05) is 11.6 Å². The number of hydrogen-bond acceptors (Lipinski definition) is 2. The Bertz CT molecular complexity index is 496. The summed E-state index contributed by atoms with van der Waals surface area (Å²) in [5.74, 6) is -1.58. The molecule has 0 radical (unpaired) electrons. The average Bonchev–Trinajstić information content (AvgIpc) is 2.34. The molecule has 0 aliphatic carbocycles. The smallest absolute Gasteiger partial charge is 0.382 e. The molecule has 0 heterocycles. The van der Waals surface area contributed by atoms with Crippen LogP contribution in [0.4, 0.5) is 17.6 Å². The van der Waals surface area contributed by atoms with Crippen molar-refractivity contribution in [1.29, 1.82) is 0 Å². The summed E-state index contributed by atoms with van der Waals surface area (Å²) in [6.07, 6.45) is -5.61. The van der Waals surface area contributed by atoms with Crippen molar-refractivity contribution < 1.29 is 27.5 Å². The number of alkyl halides is 3. The van der Waals surface area contributed by atoms with Crippen LogP contribution in [0.1, 0.15) is 5.56 Å². The molecule has 1 aromatic rings. The van der Waals surface area contributed by atoms with Crippen molar-refractivity contribution in [2.75, 3.05) is 6.54 Å². The Morgan fingerprint density at radius 2 is 2.10 bits per heavy atom. The molecule has 1 aromatic carbocycles. The van der Waals surface area contributed by atoms with Crippen LogP contribution < -0.4 is 5.32 Å². The average molecular weight is 312 g/mol. The second kappa shape index (κ2) is 6.71. The van der Waals surface area contributed by atoms with Crippen LogP contribution in [-0.2, 0) is 4.79 Å². The first-order chi connectivity index (χ1) is 9.21. The Morgan fingerprint density at radius 3 is 2.65 bits per heavy atom. The third-order valence-corrected chi connectivity index (χ3v) is 2.58. The summed E-state index contributed by atoms with van der Waals surface area (Å²) in [5, 5.41) is 10.6. The van der Waals surface area contributed by atoms with E-state index in [4.69, 9.17) is 16.7 Å². The maximum atomic E-state index is 13.3. The van der Waals surface area contributed by atoms with Crippen LogP contribution >= 0.6 is 11.6 Å². The second-order valence-electron chi connectivity index (χ2n) is 3.77. The number of carbonyl (C=O) groups excluding carboxylic acids is 1. The summed E-state index contributed by atoms with van der Waals surface area (Å²) in [7, 11) is 0. The third-order valence-electron chi connectivity index (χ3n) is 2.25. The molecule has 0 aromatic heterocycles. The summed E-state index contributed by atoms with van der Waals surface area (Å²) < 4.78 is 49.2. The molecule has 110 valence electrons. The second-order valence-corrected chi connectivity index (χ2v) is 4.18. The molecule has 0 saturated heterocycles. The monoisotopic (exact) mass is 311 g/mol. The Kier molecular flexibility index (Phi) is 5.52. The van der Waals surface area contributed by atoms with Crippen LogP contribution in [0.5, 0.6) is 0 Å². The van der Waals surface area contributed by atoms with E-state index < -0.39 is 30.5 Å². The molecule has 0 aliphatic heterocycles. The van der Waals surface area contributed by atoms with E-state index in [9.17, 15) is 22.4 Å². The zero-order valence-electron chi connectivity index (χ0n) is 9.92. The van der Waals surface area contributed by atoms with Crippen molar-refractivity contribution in [2.45, 2.75) is 12.3 Å². The molecule has 1 rings (SSSR count). The van der Waals surface area contributed by atoms with E-state index in [1.54, 1.807) is 0 Å². The van der Waals surface area contributed by atoms with Gasteiger partial charge in [0.25, 0.3) is 0 Å². The fourth-order valence-electron chi connectivity index (χ4n) is 1.20. The summed E-state index contributed by atoms with van der Waals surface area (Å²) in [6.45, 7) is -0.988. The highest BCUT2D eigenvalue weighted by Crippen LogP contribution is 2.20. The number of carbonyl (C=O) groups is 1. The molecule has 20 heavy (non-hydrogen) atoms. The molecule has 0 saturated carbocycles. The highest BCUT2D eigenvalue weighted by atomic mass is 35.5. The Hall–Kier alpha value is -1.60. The highest BCUT2D eigenvalue weighted by molar-refractivity contribution is 6.32. The van der Waals surface area contributed by atoms with Gasteiger partial charge in [0.05, 0.1) is 11.6 Å². The van der Waals surface area contributed by atoms with Gasteiger partial charge in [0.1, 0.15) is 5.82 Å². The van der Waals surface area contributed by atoms with Gasteiger partial charge in [-0.05, 0) is 18.2 Å². The molecule has 8 heteroatoms. The fraction of sp³-hybridized carbons (Fsp3) is 0.250. The van der Waals surface area contributed by atoms with Gasteiger partial charge in [-0.3, -0.25) is 4.79 Å². The molecule has 1 amide bonds. The SMILES string of the molecule is O=C(/C=C/c1c(F)cccc1Cl)NCC(O)C(F)(F)F.